The van der Waals surface area contributed by atoms with Gasteiger partial charge in [-0.05, 0) is 18.8 Å². The third-order valence-electron chi connectivity index (χ3n) is 2.87. The fourth-order valence-corrected chi connectivity index (χ4v) is 1.95. The van der Waals surface area contributed by atoms with Crippen LogP contribution in [0.4, 0.5) is 0 Å². The van der Waals surface area contributed by atoms with Gasteiger partial charge < -0.3 is 4.42 Å². The number of aromatic nitrogens is 1. The Labute approximate surface area is 89.7 Å². The van der Waals surface area contributed by atoms with Crippen LogP contribution in [0.1, 0.15) is 62.3 Å². The van der Waals surface area contributed by atoms with Gasteiger partial charge in [0.15, 0.2) is 5.89 Å². The van der Waals surface area contributed by atoms with Gasteiger partial charge in [-0.15, -0.1) is 11.6 Å². The van der Waals surface area contributed by atoms with Crippen LogP contribution in [0.3, 0.4) is 0 Å². The number of hydrogen-bond acceptors (Lipinski definition) is 2. The van der Waals surface area contributed by atoms with E-state index in [2.05, 4.69) is 18.8 Å². The minimum Gasteiger partial charge on any atom is -0.444 e. The first-order valence-electron chi connectivity index (χ1n) is 5.27. The summed E-state index contributed by atoms with van der Waals surface area (Å²) in [6.07, 6.45) is 3.75. The van der Waals surface area contributed by atoms with E-state index in [9.17, 15) is 0 Å². The van der Waals surface area contributed by atoms with Crippen LogP contribution in [0.2, 0.25) is 0 Å². The third-order valence-corrected chi connectivity index (χ3v) is 3.11. The molecule has 1 saturated carbocycles. The number of rotatable bonds is 3. The molecule has 1 aromatic heterocycles. The second-order valence-electron chi connectivity index (χ2n) is 4.28. The number of nitrogens with zero attached hydrogens (tertiary/aromatic N) is 1. The van der Waals surface area contributed by atoms with Gasteiger partial charge in [-0.25, -0.2) is 4.98 Å². The van der Waals surface area contributed by atoms with Crippen molar-refractivity contribution in [2.24, 2.45) is 0 Å². The summed E-state index contributed by atoms with van der Waals surface area (Å²) in [5.74, 6) is 3.18. The number of oxazole rings is 1. The van der Waals surface area contributed by atoms with Crippen LogP contribution >= 0.6 is 11.6 Å². The predicted octanol–water partition coefficient (Wildman–Crippen LogP) is 3.80. The van der Waals surface area contributed by atoms with Gasteiger partial charge in [-0.3, -0.25) is 0 Å². The number of halogens is 1. The van der Waals surface area contributed by atoms with Crippen molar-refractivity contribution in [3.8, 4) is 0 Å². The molecule has 2 nitrogen and oxygen atoms in total. The summed E-state index contributed by atoms with van der Waals surface area (Å²) in [7, 11) is 0. The molecule has 0 atom stereocenters. The SMILES string of the molecule is CC(C)c1nc(C2CCC2)oc1CCl. The van der Waals surface area contributed by atoms with E-state index >= 15 is 0 Å². The Balaban J connectivity index is 2.25. The fourth-order valence-electron chi connectivity index (χ4n) is 1.76. The molecule has 0 bridgehead atoms. The molecule has 1 aliphatic rings. The summed E-state index contributed by atoms with van der Waals surface area (Å²) in [5.41, 5.74) is 1.04. The van der Waals surface area contributed by atoms with Crippen LogP contribution in [0, 0.1) is 0 Å². The Morgan fingerprint density at radius 2 is 2.21 bits per heavy atom. The van der Waals surface area contributed by atoms with Crippen molar-refractivity contribution in [3.05, 3.63) is 17.3 Å². The van der Waals surface area contributed by atoms with Gasteiger partial charge in [0.2, 0.25) is 0 Å². The highest BCUT2D eigenvalue weighted by Gasteiger charge is 2.26. The summed E-state index contributed by atoms with van der Waals surface area (Å²) < 4.78 is 5.69. The van der Waals surface area contributed by atoms with Crippen LogP contribution in [0.25, 0.3) is 0 Å². The van der Waals surface area contributed by atoms with E-state index in [-0.39, 0.29) is 0 Å². The lowest BCUT2D eigenvalue weighted by Crippen LogP contribution is -2.09. The maximum Gasteiger partial charge on any atom is 0.197 e. The summed E-state index contributed by atoms with van der Waals surface area (Å²) in [5, 5.41) is 0. The zero-order valence-electron chi connectivity index (χ0n) is 8.72. The van der Waals surface area contributed by atoms with E-state index in [0.29, 0.717) is 17.7 Å². The lowest BCUT2D eigenvalue weighted by molar-refractivity contribution is 0.328. The number of hydrogen-bond donors (Lipinski definition) is 0. The van der Waals surface area contributed by atoms with E-state index in [0.717, 1.165) is 17.3 Å². The van der Waals surface area contributed by atoms with Gasteiger partial charge in [0, 0.05) is 5.92 Å². The Bertz CT molecular complexity index is 315. The van der Waals surface area contributed by atoms with Crippen molar-refractivity contribution >= 4 is 11.6 Å². The largest absolute Gasteiger partial charge is 0.444 e. The lowest BCUT2D eigenvalue weighted by atomic mass is 9.85. The summed E-state index contributed by atoms with van der Waals surface area (Å²) in [6, 6.07) is 0. The monoisotopic (exact) mass is 213 g/mol. The van der Waals surface area contributed by atoms with Gasteiger partial charge in [-0.1, -0.05) is 20.3 Å². The molecule has 1 heterocycles. The van der Waals surface area contributed by atoms with Gasteiger partial charge >= 0.3 is 0 Å². The normalized spacial score (nSPS) is 17.4. The first-order chi connectivity index (χ1) is 6.72. The molecule has 3 heteroatoms. The molecule has 78 valence electrons. The molecular weight excluding hydrogens is 198 g/mol. The topological polar surface area (TPSA) is 26.0 Å². The Morgan fingerprint density at radius 3 is 2.57 bits per heavy atom. The van der Waals surface area contributed by atoms with Crippen molar-refractivity contribution in [2.45, 2.75) is 50.8 Å². The highest BCUT2D eigenvalue weighted by Crippen LogP contribution is 2.37. The van der Waals surface area contributed by atoms with Crippen LogP contribution in [-0.4, -0.2) is 4.98 Å². The number of alkyl halides is 1. The summed E-state index contributed by atoms with van der Waals surface area (Å²) >= 11 is 5.82. The molecule has 0 N–H and O–H groups in total. The molecule has 0 amide bonds. The van der Waals surface area contributed by atoms with E-state index in [1.165, 1.54) is 19.3 Å². The highest BCUT2D eigenvalue weighted by molar-refractivity contribution is 6.16. The maximum atomic E-state index is 5.82. The molecule has 0 aliphatic heterocycles. The van der Waals surface area contributed by atoms with E-state index in [1.807, 2.05) is 0 Å². The lowest BCUT2D eigenvalue weighted by Gasteiger charge is -2.21. The van der Waals surface area contributed by atoms with Gasteiger partial charge in [0.25, 0.3) is 0 Å². The van der Waals surface area contributed by atoms with Crippen LogP contribution in [0.5, 0.6) is 0 Å². The van der Waals surface area contributed by atoms with E-state index in [1.54, 1.807) is 0 Å². The third kappa shape index (κ3) is 1.68. The standard InChI is InChI=1S/C11H16ClNO/c1-7(2)10-9(6-12)14-11(13-10)8-4-3-5-8/h7-8H,3-6H2,1-2H3. The molecular formula is C11H16ClNO. The van der Waals surface area contributed by atoms with Crippen molar-refractivity contribution in [2.75, 3.05) is 0 Å². The molecule has 0 spiro atoms. The average molecular weight is 214 g/mol. The minimum atomic E-state index is 0.404. The van der Waals surface area contributed by atoms with Crippen molar-refractivity contribution < 1.29 is 4.42 Å². The van der Waals surface area contributed by atoms with Crippen molar-refractivity contribution in [1.82, 2.24) is 4.98 Å². The zero-order chi connectivity index (χ0) is 10.1. The van der Waals surface area contributed by atoms with Gasteiger partial charge in [0.1, 0.15) is 5.76 Å². The van der Waals surface area contributed by atoms with E-state index < -0.39 is 0 Å². The highest BCUT2D eigenvalue weighted by atomic mass is 35.5. The van der Waals surface area contributed by atoms with E-state index in [4.69, 9.17) is 16.0 Å². The summed E-state index contributed by atoms with van der Waals surface area (Å²) in [6.45, 7) is 4.25. The molecule has 0 saturated heterocycles. The average Bonchev–Trinajstić information content (AvgIpc) is 2.45. The van der Waals surface area contributed by atoms with Gasteiger partial charge in [0.05, 0.1) is 11.6 Å². The fraction of sp³-hybridized carbons (Fsp3) is 0.727. The molecule has 0 aromatic carbocycles. The first kappa shape index (κ1) is 10.0. The second kappa shape index (κ2) is 3.93. The Morgan fingerprint density at radius 1 is 1.50 bits per heavy atom. The Hall–Kier alpha value is -0.500. The van der Waals surface area contributed by atoms with Crippen LogP contribution in [0.15, 0.2) is 4.42 Å². The molecule has 14 heavy (non-hydrogen) atoms. The molecule has 0 radical (unpaired) electrons. The van der Waals surface area contributed by atoms with Gasteiger partial charge in [-0.2, -0.15) is 0 Å². The molecule has 0 unspecified atom stereocenters. The Kier molecular flexibility index (Phi) is 2.82. The van der Waals surface area contributed by atoms with Crippen LogP contribution in [-0.2, 0) is 5.88 Å². The molecule has 1 fully saturated rings. The van der Waals surface area contributed by atoms with Crippen molar-refractivity contribution in [3.63, 3.8) is 0 Å². The molecule has 1 aliphatic carbocycles. The molecule has 2 rings (SSSR count). The first-order valence-corrected chi connectivity index (χ1v) is 5.81. The zero-order valence-corrected chi connectivity index (χ0v) is 9.47. The van der Waals surface area contributed by atoms with Crippen LogP contribution < -0.4 is 0 Å². The van der Waals surface area contributed by atoms with Crippen molar-refractivity contribution in [1.29, 1.82) is 0 Å². The quantitative estimate of drug-likeness (QED) is 0.714. The summed E-state index contributed by atoms with van der Waals surface area (Å²) in [4.78, 5) is 4.55. The minimum absolute atomic E-state index is 0.404. The molecule has 1 aromatic rings. The maximum absolute atomic E-state index is 5.82. The second-order valence-corrected chi connectivity index (χ2v) is 4.54. The predicted molar refractivity (Wildman–Crippen MR) is 56.7 cm³/mol. The smallest absolute Gasteiger partial charge is 0.197 e.